The number of aryl methyl sites for hydroxylation is 3. The molecule has 0 unspecified atom stereocenters. The smallest absolute Gasteiger partial charge is 0.355 e. The van der Waals surface area contributed by atoms with Crippen molar-refractivity contribution in [2.75, 3.05) is 11.5 Å². The lowest BCUT2D eigenvalue weighted by Gasteiger charge is -2.24. The minimum absolute atomic E-state index is 0.126. The van der Waals surface area contributed by atoms with Crippen LogP contribution in [0.1, 0.15) is 50.2 Å². The number of hydrogen-bond donors (Lipinski definition) is 1. The third-order valence-corrected chi connectivity index (χ3v) is 5.70. The van der Waals surface area contributed by atoms with E-state index in [9.17, 15) is 14.4 Å². The zero-order valence-corrected chi connectivity index (χ0v) is 17.8. The Hall–Kier alpha value is -3.67. The first-order chi connectivity index (χ1) is 14.9. The molecule has 0 saturated carbocycles. The highest BCUT2D eigenvalue weighted by molar-refractivity contribution is 6.05. The number of carbonyl (C=O) groups is 3. The first-order valence-electron chi connectivity index (χ1n) is 10.2. The first kappa shape index (κ1) is 20.6. The van der Waals surface area contributed by atoms with E-state index < -0.39 is 12.6 Å². The van der Waals surface area contributed by atoms with Gasteiger partial charge in [-0.3, -0.25) is 14.5 Å². The number of hydrogen-bond acceptors (Lipinski definition) is 4. The number of esters is 1. The van der Waals surface area contributed by atoms with Crippen molar-refractivity contribution in [2.45, 2.75) is 33.6 Å². The minimum atomic E-state index is -0.655. The summed E-state index contributed by atoms with van der Waals surface area (Å²) in [6.07, 6.45) is 1.65. The molecule has 0 aliphatic carbocycles. The van der Waals surface area contributed by atoms with Gasteiger partial charge in [-0.25, -0.2) is 4.79 Å². The van der Waals surface area contributed by atoms with Gasteiger partial charge in [0.2, 0.25) is 0 Å². The van der Waals surface area contributed by atoms with Crippen LogP contribution in [0, 0.1) is 13.8 Å². The number of ether oxygens (including phenoxy) is 1. The second-order valence-electron chi connectivity index (χ2n) is 7.74. The van der Waals surface area contributed by atoms with E-state index in [0.717, 1.165) is 35.3 Å². The molecule has 158 valence electrons. The van der Waals surface area contributed by atoms with Gasteiger partial charge in [0.1, 0.15) is 5.69 Å². The molecule has 1 N–H and O–H groups in total. The van der Waals surface area contributed by atoms with Gasteiger partial charge >= 0.3 is 5.97 Å². The summed E-state index contributed by atoms with van der Waals surface area (Å²) in [4.78, 5) is 42.3. The number of fused-ring (bicyclic) bond motifs is 2. The van der Waals surface area contributed by atoms with Gasteiger partial charge in [-0.15, -0.1) is 0 Å². The molecular formula is C25H24N2O4. The molecule has 31 heavy (non-hydrogen) atoms. The van der Waals surface area contributed by atoms with Gasteiger partial charge in [-0.1, -0.05) is 36.4 Å². The zero-order valence-electron chi connectivity index (χ0n) is 17.8. The van der Waals surface area contributed by atoms with Gasteiger partial charge in [0, 0.05) is 11.3 Å². The Morgan fingerprint density at radius 1 is 0.935 bits per heavy atom. The maximum absolute atomic E-state index is 13.3. The number of carbonyl (C=O) groups excluding carboxylic acids is 3. The second kappa shape index (κ2) is 8.22. The molecular weight excluding hydrogens is 392 g/mol. The summed E-state index contributed by atoms with van der Waals surface area (Å²) in [7, 11) is 0. The van der Waals surface area contributed by atoms with E-state index in [4.69, 9.17) is 4.74 Å². The maximum atomic E-state index is 13.3. The number of aromatic nitrogens is 1. The average Bonchev–Trinajstić information content (AvgIpc) is 2.96. The van der Waals surface area contributed by atoms with Crippen molar-refractivity contribution in [1.29, 1.82) is 0 Å². The number of nitrogens with zero attached hydrogens (tertiary/aromatic N) is 1. The Kier molecular flexibility index (Phi) is 5.46. The molecule has 0 radical (unpaired) electrons. The molecule has 6 nitrogen and oxygen atoms in total. The number of ketones is 1. The van der Waals surface area contributed by atoms with Crippen molar-refractivity contribution in [3.63, 3.8) is 0 Å². The van der Waals surface area contributed by atoms with Gasteiger partial charge in [-0.05, 0) is 62.4 Å². The number of anilines is 2. The maximum Gasteiger partial charge on any atom is 0.355 e. The zero-order chi connectivity index (χ0) is 22.1. The number of aromatic amines is 1. The van der Waals surface area contributed by atoms with Crippen LogP contribution in [0.4, 0.5) is 11.4 Å². The van der Waals surface area contributed by atoms with Crippen molar-refractivity contribution < 1.29 is 19.1 Å². The monoisotopic (exact) mass is 416 g/mol. The number of rotatable bonds is 4. The highest BCUT2D eigenvalue weighted by Crippen LogP contribution is 2.36. The first-order valence-corrected chi connectivity index (χ1v) is 10.2. The van der Waals surface area contributed by atoms with E-state index in [0.29, 0.717) is 16.8 Å². The normalized spacial score (nSPS) is 12.5. The molecule has 4 rings (SSSR count). The standard InChI is InChI=1S/C25H24N2O4/c1-15-23(17(3)28)16(2)26-24(15)25(30)31-14-22(29)27-20-10-6-4-8-18(20)12-13-19-9-5-7-11-21(19)27/h4-11,26H,12-14H2,1-3H3. The van der Waals surface area contributed by atoms with Gasteiger partial charge in [0.05, 0.1) is 11.4 Å². The van der Waals surface area contributed by atoms with Crippen LogP contribution in [0.5, 0.6) is 0 Å². The molecule has 3 aromatic rings. The van der Waals surface area contributed by atoms with Gasteiger partial charge in [0.15, 0.2) is 12.4 Å². The lowest BCUT2D eigenvalue weighted by Crippen LogP contribution is -2.31. The van der Waals surface area contributed by atoms with Gasteiger partial charge in [-0.2, -0.15) is 0 Å². The molecule has 0 bridgehead atoms. The predicted molar refractivity (Wildman–Crippen MR) is 118 cm³/mol. The lowest BCUT2D eigenvalue weighted by atomic mass is 10.0. The SMILES string of the molecule is CC(=O)c1c(C)[nH]c(C(=O)OCC(=O)N2c3ccccc3CCc3ccccc32)c1C. The number of Topliss-reactive ketones (excluding diaryl/α,β-unsaturated/α-hetero) is 1. The number of benzene rings is 2. The summed E-state index contributed by atoms with van der Waals surface area (Å²) in [6, 6.07) is 15.6. The van der Waals surface area contributed by atoms with Crippen LogP contribution in [0.2, 0.25) is 0 Å². The van der Waals surface area contributed by atoms with Crippen molar-refractivity contribution in [1.82, 2.24) is 4.98 Å². The summed E-state index contributed by atoms with van der Waals surface area (Å²) in [6.45, 7) is 4.47. The number of nitrogens with one attached hydrogen (secondary N) is 1. The topological polar surface area (TPSA) is 79.5 Å². The minimum Gasteiger partial charge on any atom is -0.451 e. The van der Waals surface area contributed by atoms with Crippen molar-refractivity contribution in [2.24, 2.45) is 0 Å². The Balaban J connectivity index is 1.60. The summed E-state index contributed by atoms with van der Waals surface area (Å²) in [5.74, 6) is -1.11. The van der Waals surface area contributed by atoms with E-state index in [1.54, 1.807) is 18.7 Å². The fourth-order valence-corrected chi connectivity index (χ4v) is 4.29. The molecule has 1 aromatic heterocycles. The fourth-order valence-electron chi connectivity index (χ4n) is 4.29. The largest absolute Gasteiger partial charge is 0.451 e. The molecule has 2 aromatic carbocycles. The number of para-hydroxylation sites is 2. The summed E-state index contributed by atoms with van der Waals surface area (Å²) in [5.41, 5.74) is 5.58. The van der Waals surface area contributed by atoms with Crippen LogP contribution in [-0.4, -0.2) is 29.3 Å². The fraction of sp³-hybridized carbons (Fsp3) is 0.240. The highest BCUT2D eigenvalue weighted by Gasteiger charge is 2.27. The van der Waals surface area contributed by atoms with E-state index >= 15 is 0 Å². The average molecular weight is 416 g/mol. The van der Waals surface area contributed by atoms with Crippen LogP contribution in [0.15, 0.2) is 48.5 Å². The van der Waals surface area contributed by atoms with E-state index in [-0.39, 0.29) is 17.4 Å². The molecule has 0 spiro atoms. The van der Waals surface area contributed by atoms with E-state index in [2.05, 4.69) is 4.98 Å². The third kappa shape index (κ3) is 3.77. The predicted octanol–water partition coefficient (Wildman–Crippen LogP) is 4.45. The number of amides is 1. The lowest BCUT2D eigenvalue weighted by molar-refractivity contribution is -0.121. The molecule has 1 amide bonds. The van der Waals surface area contributed by atoms with E-state index in [1.807, 2.05) is 48.5 Å². The van der Waals surface area contributed by atoms with Crippen molar-refractivity contribution in [3.05, 3.63) is 82.2 Å². The molecule has 0 atom stereocenters. The Labute approximate surface area is 180 Å². The highest BCUT2D eigenvalue weighted by atomic mass is 16.5. The van der Waals surface area contributed by atoms with Crippen LogP contribution in [-0.2, 0) is 22.4 Å². The summed E-state index contributed by atoms with van der Waals surface area (Å²) < 4.78 is 5.37. The Morgan fingerprint density at radius 2 is 1.48 bits per heavy atom. The molecule has 2 heterocycles. The molecule has 0 saturated heterocycles. The van der Waals surface area contributed by atoms with Gasteiger partial charge in [0.25, 0.3) is 5.91 Å². The van der Waals surface area contributed by atoms with E-state index in [1.165, 1.54) is 6.92 Å². The second-order valence-corrected chi connectivity index (χ2v) is 7.74. The molecule has 1 aliphatic heterocycles. The summed E-state index contributed by atoms with van der Waals surface area (Å²) >= 11 is 0. The third-order valence-electron chi connectivity index (χ3n) is 5.70. The van der Waals surface area contributed by atoms with Crippen LogP contribution in [0.25, 0.3) is 0 Å². The molecule has 6 heteroatoms. The van der Waals surface area contributed by atoms with Crippen molar-refractivity contribution >= 4 is 29.0 Å². The van der Waals surface area contributed by atoms with Crippen LogP contribution < -0.4 is 4.90 Å². The molecule has 1 aliphatic rings. The van der Waals surface area contributed by atoms with Gasteiger partial charge < -0.3 is 9.72 Å². The Morgan fingerprint density at radius 3 is 2.00 bits per heavy atom. The van der Waals surface area contributed by atoms with Crippen molar-refractivity contribution in [3.8, 4) is 0 Å². The summed E-state index contributed by atoms with van der Waals surface area (Å²) in [5, 5.41) is 0. The molecule has 0 fully saturated rings. The van der Waals surface area contributed by atoms with Crippen LogP contribution in [0.3, 0.4) is 0 Å². The Bertz CT molecular complexity index is 1140. The number of H-pyrrole nitrogens is 1. The quantitative estimate of drug-likeness (QED) is 0.503. The van der Waals surface area contributed by atoms with Crippen LogP contribution >= 0.6 is 0 Å².